The number of carbonyl (C=O) groups is 1. The highest BCUT2D eigenvalue weighted by Gasteiger charge is 2.35. The number of aromatic nitrogens is 1. The van der Waals surface area contributed by atoms with Gasteiger partial charge < -0.3 is 10.6 Å². The topological polar surface area (TPSA) is 71.1 Å². The highest BCUT2D eigenvalue weighted by atomic mass is 32.2. The van der Waals surface area contributed by atoms with Gasteiger partial charge in [0.1, 0.15) is 5.01 Å². The third kappa shape index (κ3) is 3.72. The van der Waals surface area contributed by atoms with Crippen molar-refractivity contribution in [2.24, 2.45) is 5.92 Å². The predicted octanol–water partition coefficient (Wildman–Crippen LogP) is 3.15. The minimum atomic E-state index is -1.07. The van der Waals surface area contributed by atoms with Crippen LogP contribution in [-0.2, 0) is 10.8 Å². The molecule has 22 heavy (non-hydrogen) atoms. The molecule has 0 bridgehead atoms. The lowest BCUT2D eigenvalue weighted by Gasteiger charge is -2.16. The van der Waals surface area contributed by atoms with Crippen LogP contribution in [-0.4, -0.2) is 21.5 Å². The van der Waals surface area contributed by atoms with Gasteiger partial charge in [-0.05, 0) is 37.0 Å². The first kappa shape index (κ1) is 15.2. The van der Waals surface area contributed by atoms with E-state index in [0.717, 1.165) is 17.8 Å². The molecule has 5 nitrogen and oxygen atoms in total. The largest absolute Gasteiger partial charge is 0.328 e. The molecule has 2 amide bonds. The van der Waals surface area contributed by atoms with Gasteiger partial charge in [-0.15, -0.1) is 11.3 Å². The zero-order valence-electron chi connectivity index (χ0n) is 12.1. The van der Waals surface area contributed by atoms with E-state index in [-0.39, 0.29) is 12.1 Å². The van der Waals surface area contributed by atoms with Crippen molar-refractivity contribution in [3.05, 3.63) is 40.8 Å². The number of carbonyl (C=O) groups excluding carboxylic acids is 1. The molecular weight excluding hydrogens is 318 g/mol. The summed E-state index contributed by atoms with van der Waals surface area (Å²) in [5.41, 5.74) is 0.638. The number of nitrogens with one attached hydrogen (secondary N) is 2. The third-order valence-electron chi connectivity index (χ3n) is 3.52. The first-order valence-electron chi connectivity index (χ1n) is 7.04. The molecule has 2 aromatic rings. The van der Waals surface area contributed by atoms with Gasteiger partial charge in [-0.1, -0.05) is 6.07 Å². The van der Waals surface area contributed by atoms with Gasteiger partial charge in [0, 0.05) is 39.2 Å². The van der Waals surface area contributed by atoms with Gasteiger partial charge in [-0.3, -0.25) is 4.21 Å². The second-order valence-corrected chi connectivity index (χ2v) is 7.57. The lowest BCUT2D eigenvalue weighted by Crippen LogP contribution is -2.33. The Labute approximate surface area is 135 Å². The van der Waals surface area contributed by atoms with Crippen LogP contribution in [0, 0.1) is 5.92 Å². The Morgan fingerprint density at radius 1 is 1.45 bits per heavy atom. The number of benzene rings is 1. The first-order chi connectivity index (χ1) is 10.6. The summed E-state index contributed by atoms with van der Waals surface area (Å²) in [6, 6.07) is 6.79. The molecule has 1 saturated carbocycles. The fraction of sp³-hybridized carbons (Fsp3) is 0.333. The van der Waals surface area contributed by atoms with E-state index in [0.29, 0.717) is 16.5 Å². The van der Waals surface area contributed by atoms with E-state index in [4.69, 9.17) is 0 Å². The molecule has 1 aliphatic carbocycles. The predicted molar refractivity (Wildman–Crippen MR) is 88.5 cm³/mol. The Balaban J connectivity index is 1.66. The van der Waals surface area contributed by atoms with Crippen LogP contribution in [0.2, 0.25) is 0 Å². The monoisotopic (exact) mass is 335 g/mol. The van der Waals surface area contributed by atoms with Gasteiger partial charge in [0.2, 0.25) is 0 Å². The minimum Gasteiger partial charge on any atom is -0.328 e. The van der Waals surface area contributed by atoms with Gasteiger partial charge >= 0.3 is 6.03 Å². The van der Waals surface area contributed by atoms with E-state index in [9.17, 15) is 9.00 Å². The van der Waals surface area contributed by atoms with Crippen molar-refractivity contribution in [1.29, 1.82) is 0 Å². The second kappa shape index (κ2) is 6.58. The summed E-state index contributed by atoms with van der Waals surface area (Å²) in [6.07, 6.45) is 5.61. The van der Waals surface area contributed by atoms with E-state index >= 15 is 0 Å². The van der Waals surface area contributed by atoms with Crippen LogP contribution in [0.1, 0.15) is 23.9 Å². The summed E-state index contributed by atoms with van der Waals surface area (Å²) >= 11 is 1.56. The van der Waals surface area contributed by atoms with Crippen LogP contribution in [0.4, 0.5) is 10.5 Å². The van der Waals surface area contributed by atoms with Crippen molar-refractivity contribution < 1.29 is 9.00 Å². The van der Waals surface area contributed by atoms with Crippen molar-refractivity contribution in [3.63, 3.8) is 0 Å². The average Bonchev–Trinajstić information content (AvgIpc) is 3.19. The van der Waals surface area contributed by atoms with Crippen LogP contribution < -0.4 is 10.6 Å². The average molecular weight is 335 g/mol. The molecule has 3 rings (SSSR count). The van der Waals surface area contributed by atoms with E-state index in [1.54, 1.807) is 48.1 Å². The molecule has 1 aromatic carbocycles. The lowest BCUT2D eigenvalue weighted by atomic mass is 10.2. The van der Waals surface area contributed by atoms with Crippen molar-refractivity contribution >= 4 is 33.9 Å². The molecule has 7 heteroatoms. The molecule has 0 radical (unpaired) electrons. The fourth-order valence-corrected chi connectivity index (χ4v) is 3.60. The molecule has 1 aromatic heterocycles. The normalized spacial score (nSPS) is 16.8. The highest BCUT2D eigenvalue weighted by molar-refractivity contribution is 7.84. The number of anilines is 1. The summed E-state index contributed by atoms with van der Waals surface area (Å²) < 4.78 is 11.5. The standard InChI is InChI=1S/C15H17N3O2S2/c1-22(20)12-4-2-3-11(9-12)17-15(19)18-13(10-5-6-10)14-16-7-8-21-14/h2-4,7-10,13H,5-6H2,1H3,(H2,17,18,19)/t13-,22-/m1/s1. The summed E-state index contributed by atoms with van der Waals surface area (Å²) in [4.78, 5) is 17.2. The SMILES string of the molecule is C[S@@](=O)c1cccc(NC(=O)N[C@@H](c2nccs2)C2CC2)c1. The summed E-state index contributed by atoms with van der Waals surface area (Å²) in [5, 5.41) is 8.67. The Kier molecular flexibility index (Phi) is 4.54. The number of hydrogen-bond donors (Lipinski definition) is 2. The summed E-state index contributed by atoms with van der Waals surface area (Å²) in [7, 11) is -1.07. The summed E-state index contributed by atoms with van der Waals surface area (Å²) in [6.45, 7) is 0. The minimum absolute atomic E-state index is 0.0245. The summed E-state index contributed by atoms with van der Waals surface area (Å²) in [5.74, 6) is 0.478. The van der Waals surface area contributed by atoms with E-state index in [2.05, 4.69) is 15.6 Å². The molecule has 1 heterocycles. The molecule has 2 N–H and O–H groups in total. The van der Waals surface area contributed by atoms with Crippen LogP contribution in [0.25, 0.3) is 0 Å². The zero-order chi connectivity index (χ0) is 15.5. The number of rotatable bonds is 5. The molecule has 2 atom stereocenters. The van der Waals surface area contributed by atoms with Gasteiger partial charge in [0.25, 0.3) is 0 Å². The molecule has 0 saturated heterocycles. The van der Waals surface area contributed by atoms with Crippen LogP contribution in [0.3, 0.4) is 0 Å². The Hall–Kier alpha value is -1.73. The number of hydrogen-bond acceptors (Lipinski definition) is 4. The van der Waals surface area contributed by atoms with E-state index in [1.165, 1.54) is 0 Å². The van der Waals surface area contributed by atoms with Gasteiger partial charge in [-0.25, -0.2) is 9.78 Å². The van der Waals surface area contributed by atoms with Crippen LogP contribution in [0.5, 0.6) is 0 Å². The van der Waals surface area contributed by atoms with Gasteiger partial charge in [0.15, 0.2) is 0 Å². The Morgan fingerprint density at radius 2 is 2.27 bits per heavy atom. The van der Waals surface area contributed by atoms with Crippen molar-refractivity contribution in [1.82, 2.24) is 10.3 Å². The van der Waals surface area contributed by atoms with Crippen LogP contribution in [0.15, 0.2) is 40.7 Å². The number of nitrogens with zero attached hydrogens (tertiary/aromatic N) is 1. The van der Waals surface area contributed by atoms with Crippen LogP contribution >= 0.6 is 11.3 Å². The quantitative estimate of drug-likeness (QED) is 0.882. The Morgan fingerprint density at radius 3 is 2.91 bits per heavy atom. The number of amides is 2. The van der Waals surface area contributed by atoms with E-state index in [1.807, 2.05) is 5.38 Å². The molecule has 0 aliphatic heterocycles. The third-order valence-corrected chi connectivity index (χ3v) is 5.30. The molecule has 1 aliphatic rings. The zero-order valence-corrected chi connectivity index (χ0v) is 13.7. The van der Waals surface area contributed by atoms with Gasteiger partial charge in [0.05, 0.1) is 6.04 Å². The number of thiazole rings is 1. The Bertz CT molecular complexity index is 684. The first-order valence-corrected chi connectivity index (χ1v) is 9.47. The maximum atomic E-state index is 12.2. The maximum Gasteiger partial charge on any atom is 0.319 e. The molecule has 0 unspecified atom stereocenters. The molecular formula is C15H17N3O2S2. The van der Waals surface area contributed by atoms with Crippen molar-refractivity contribution in [2.45, 2.75) is 23.8 Å². The molecule has 1 fully saturated rings. The maximum absolute atomic E-state index is 12.2. The second-order valence-electron chi connectivity index (χ2n) is 5.27. The molecule has 0 spiro atoms. The lowest BCUT2D eigenvalue weighted by molar-refractivity contribution is 0.247. The molecule has 116 valence electrons. The number of urea groups is 1. The van der Waals surface area contributed by atoms with E-state index < -0.39 is 10.8 Å². The fourth-order valence-electron chi connectivity index (χ4n) is 2.26. The smallest absolute Gasteiger partial charge is 0.319 e. The van der Waals surface area contributed by atoms with Gasteiger partial charge in [-0.2, -0.15) is 0 Å². The van der Waals surface area contributed by atoms with Crippen molar-refractivity contribution in [3.8, 4) is 0 Å². The highest BCUT2D eigenvalue weighted by Crippen LogP contribution is 2.41. The van der Waals surface area contributed by atoms with Crippen molar-refractivity contribution in [2.75, 3.05) is 11.6 Å².